The molecule has 14 heavy (non-hydrogen) atoms. The fourth-order valence-electron chi connectivity index (χ4n) is 1.38. The second kappa shape index (κ2) is 4.39. The molecule has 2 N–H and O–H groups in total. The molecular weight excluding hydrogens is 194 g/mol. The molecule has 2 aromatic heterocycles. The predicted octanol–water partition coefficient (Wildman–Crippen LogP) is 1.96. The molecule has 4 heteroatoms. The molecule has 2 heterocycles. The third-order valence-electron chi connectivity index (χ3n) is 2.06. The smallest absolute Gasteiger partial charge is 0.149 e. The summed E-state index contributed by atoms with van der Waals surface area (Å²) in [5.41, 5.74) is 5.48. The van der Waals surface area contributed by atoms with Gasteiger partial charge in [-0.1, -0.05) is 6.07 Å². The van der Waals surface area contributed by atoms with Crippen molar-refractivity contribution < 1.29 is 0 Å². The van der Waals surface area contributed by atoms with Gasteiger partial charge in [-0.15, -0.1) is 11.3 Å². The van der Waals surface area contributed by atoms with Gasteiger partial charge in [0.15, 0.2) is 0 Å². The van der Waals surface area contributed by atoms with E-state index >= 15 is 0 Å². The van der Waals surface area contributed by atoms with Crippen molar-refractivity contribution in [1.29, 1.82) is 0 Å². The average molecular weight is 207 g/mol. The Morgan fingerprint density at radius 1 is 1.50 bits per heavy atom. The van der Waals surface area contributed by atoms with Crippen molar-refractivity contribution in [1.82, 2.24) is 9.55 Å². The first-order chi connectivity index (χ1) is 6.92. The molecule has 0 fully saturated rings. The van der Waals surface area contributed by atoms with Crippen LogP contribution in [-0.4, -0.2) is 16.1 Å². The van der Waals surface area contributed by atoms with Crippen LogP contribution in [0.25, 0.3) is 10.7 Å². The zero-order chi connectivity index (χ0) is 9.80. The minimum atomic E-state index is 0.724. The number of aromatic nitrogens is 2. The first-order valence-corrected chi connectivity index (χ1v) is 5.55. The van der Waals surface area contributed by atoms with E-state index in [2.05, 4.69) is 21.0 Å². The zero-order valence-electron chi connectivity index (χ0n) is 7.89. The second-order valence-electron chi connectivity index (χ2n) is 3.06. The Morgan fingerprint density at radius 3 is 3.14 bits per heavy atom. The molecule has 0 bridgehead atoms. The van der Waals surface area contributed by atoms with E-state index in [0.717, 1.165) is 25.3 Å². The summed E-state index contributed by atoms with van der Waals surface area (Å²) in [6.45, 7) is 1.67. The maximum atomic E-state index is 5.48. The first kappa shape index (κ1) is 9.43. The predicted molar refractivity (Wildman–Crippen MR) is 59.2 cm³/mol. The number of thiophene rings is 1. The molecule has 74 valence electrons. The normalized spacial score (nSPS) is 10.6. The van der Waals surface area contributed by atoms with Crippen molar-refractivity contribution in [3.63, 3.8) is 0 Å². The number of hydrogen-bond acceptors (Lipinski definition) is 3. The molecule has 0 unspecified atom stereocenters. The maximum Gasteiger partial charge on any atom is 0.149 e. The van der Waals surface area contributed by atoms with Crippen molar-refractivity contribution in [2.24, 2.45) is 5.73 Å². The van der Waals surface area contributed by atoms with E-state index in [-0.39, 0.29) is 0 Å². The number of nitrogens with zero attached hydrogens (tertiary/aromatic N) is 2. The van der Waals surface area contributed by atoms with Crippen LogP contribution in [0.5, 0.6) is 0 Å². The van der Waals surface area contributed by atoms with Crippen LogP contribution in [-0.2, 0) is 6.54 Å². The standard InChI is InChI=1S/C10H13N3S/c11-4-2-6-13-7-5-12-10(13)9-3-1-8-14-9/h1,3,5,7-8H,2,4,6,11H2. The fourth-order valence-corrected chi connectivity index (χ4v) is 2.12. The van der Waals surface area contributed by atoms with E-state index in [1.807, 2.05) is 18.5 Å². The zero-order valence-corrected chi connectivity index (χ0v) is 8.70. The van der Waals surface area contributed by atoms with Crippen LogP contribution in [0.1, 0.15) is 6.42 Å². The molecule has 0 radical (unpaired) electrons. The number of aryl methyl sites for hydroxylation is 1. The van der Waals surface area contributed by atoms with E-state index in [9.17, 15) is 0 Å². The molecule has 0 aliphatic heterocycles. The molecule has 2 rings (SSSR count). The summed E-state index contributed by atoms with van der Waals surface area (Å²) in [4.78, 5) is 5.56. The summed E-state index contributed by atoms with van der Waals surface area (Å²) in [7, 11) is 0. The highest BCUT2D eigenvalue weighted by Crippen LogP contribution is 2.22. The van der Waals surface area contributed by atoms with Gasteiger partial charge in [-0.25, -0.2) is 4.98 Å². The molecule has 0 atom stereocenters. The van der Waals surface area contributed by atoms with Crippen LogP contribution < -0.4 is 5.73 Å². The Kier molecular flexibility index (Phi) is 2.96. The van der Waals surface area contributed by atoms with Crippen LogP contribution >= 0.6 is 11.3 Å². The minimum Gasteiger partial charge on any atom is -0.330 e. The molecule has 0 aliphatic rings. The topological polar surface area (TPSA) is 43.8 Å². The molecule has 0 saturated heterocycles. The largest absolute Gasteiger partial charge is 0.330 e. The van der Waals surface area contributed by atoms with Gasteiger partial charge in [0.1, 0.15) is 5.82 Å². The molecule has 0 spiro atoms. The van der Waals surface area contributed by atoms with E-state index in [1.54, 1.807) is 11.3 Å². The summed E-state index contributed by atoms with van der Waals surface area (Å²) in [5.74, 6) is 1.05. The number of hydrogen-bond donors (Lipinski definition) is 1. The highest BCUT2D eigenvalue weighted by atomic mass is 32.1. The van der Waals surface area contributed by atoms with E-state index in [0.29, 0.717) is 0 Å². The summed E-state index contributed by atoms with van der Waals surface area (Å²) in [6.07, 6.45) is 4.84. The van der Waals surface area contributed by atoms with Gasteiger partial charge in [0, 0.05) is 18.9 Å². The van der Waals surface area contributed by atoms with Crippen molar-refractivity contribution in [3.8, 4) is 10.7 Å². The monoisotopic (exact) mass is 207 g/mol. The molecule has 0 aliphatic carbocycles. The van der Waals surface area contributed by atoms with Gasteiger partial charge in [-0.3, -0.25) is 0 Å². The molecule has 3 nitrogen and oxygen atoms in total. The summed E-state index contributed by atoms with van der Waals surface area (Å²) >= 11 is 1.71. The average Bonchev–Trinajstić information content (AvgIpc) is 2.84. The lowest BCUT2D eigenvalue weighted by Gasteiger charge is -2.04. The fraction of sp³-hybridized carbons (Fsp3) is 0.300. The lowest BCUT2D eigenvalue weighted by molar-refractivity contribution is 0.657. The third-order valence-corrected chi connectivity index (χ3v) is 2.93. The Labute approximate surface area is 87.2 Å². The van der Waals surface area contributed by atoms with Crippen LogP contribution in [0.2, 0.25) is 0 Å². The number of rotatable bonds is 4. The van der Waals surface area contributed by atoms with Crippen LogP contribution in [0, 0.1) is 0 Å². The van der Waals surface area contributed by atoms with Crippen LogP contribution in [0.15, 0.2) is 29.9 Å². The highest BCUT2D eigenvalue weighted by Gasteiger charge is 2.05. The van der Waals surface area contributed by atoms with Crippen molar-refractivity contribution in [2.75, 3.05) is 6.54 Å². The van der Waals surface area contributed by atoms with Gasteiger partial charge >= 0.3 is 0 Å². The van der Waals surface area contributed by atoms with Crippen molar-refractivity contribution in [2.45, 2.75) is 13.0 Å². The summed E-state index contributed by atoms with van der Waals surface area (Å²) < 4.78 is 2.15. The second-order valence-corrected chi connectivity index (χ2v) is 4.01. The van der Waals surface area contributed by atoms with E-state index in [1.165, 1.54) is 4.88 Å². The number of nitrogens with two attached hydrogens (primary N) is 1. The third kappa shape index (κ3) is 1.86. The summed E-state index contributed by atoms with van der Waals surface area (Å²) in [5, 5.41) is 2.07. The van der Waals surface area contributed by atoms with E-state index in [4.69, 9.17) is 5.73 Å². The van der Waals surface area contributed by atoms with Crippen molar-refractivity contribution in [3.05, 3.63) is 29.9 Å². The highest BCUT2D eigenvalue weighted by molar-refractivity contribution is 7.13. The van der Waals surface area contributed by atoms with Gasteiger partial charge in [0.25, 0.3) is 0 Å². The van der Waals surface area contributed by atoms with Gasteiger partial charge in [0.2, 0.25) is 0 Å². The quantitative estimate of drug-likeness (QED) is 0.833. The summed E-state index contributed by atoms with van der Waals surface area (Å²) in [6, 6.07) is 4.13. The molecular formula is C10H13N3S. The van der Waals surface area contributed by atoms with Crippen molar-refractivity contribution >= 4 is 11.3 Å². The molecule has 0 aromatic carbocycles. The van der Waals surface area contributed by atoms with Crippen LogP contribution in [0.3, 0.4) is 0 Å². The van der Waals surface area contributed by atoms with Gasteiger partial charge in [0.05, 0.1) is 4.88 Å². The van der Waals surface area contributed by atoms with Gasteiger partial charge in [-0.05, 0) is 24.4 Å². The Morgan fingerprint density at radius 2 is 2.43 bits per heavy atom. The maximum absolute atomic E-state index is 5.48. The molecule has 0 amide bonds. The van der Waals surface area contributed by atoms with Crippen LogP contribution in [0.4, 0.5) is 0 Å². The Hall–Kier alpha value is -1.13. The number of imidazole rings is 1. The van der Waals surface area contributed by atoms with Gasteiger partial charge < -0.3 is 10.3 Å². The lowest BCUT2D eigenvalue weighted by Crippen LogP contribution is -2.05. The molecule has 2 aromatic rings. The first-order valence-electron chi connectivity index (χ1n) is 4.67. The minimum absolute atomic E-state index is 0.724. The Bertz CT molecular complexity index is 378. The lowest BCUT2D eigenvalue weighted by atomic mass is 10.4. The van der Waals surface area contributed by atoms with E-state index < -0.39 is 0 Å². The SMILES string of the molecule is NCCCn1ccnc1-c1cccs1. The van der Waals surface area contributed by atoms with Gasteiger partial charge in [-0.2, -0.15) is 0 Å². The Balaban J connectivity index is 2.22. The molecule has 0 saturated carbocycles.